The molecular weight excluding hydrogens is 375 g/mol. The predicted octanol–water partition coefficient (Wildman–Crippen LogP) is 4.77. The van der Waals surface area contributed by atoms with Crippen LogP contribution in [0.1, 0.15) is 25.0 Å². The number of amides is 3. The number of allylic oxidation sites excluding steroid dienone is 1. The lowest BCUT2D eigenvalue weighted by atomic mass is 9.95. The average Bonchev–Trinajstić information content (AvgIpc) is 2.99. The zero-order valence-electron chi connectivity index (χ0n) is 15.8. The van der Waals surface area contributed by atoms with Crippen molar-refractivity contribution in [2.75, 3.05) is 0 Å². The quantitative estimate of drug-likeness (QED) is 0.747. The van der Waals surface area contributed by atoms with E-state index < -0.39 is 0 Å². The first-order valence-corrected chi connectivity index (χ1v) is 10.1. The van der Waals surface area contributed by atoms with Gasteiger partial charge in [0.2, 0.25) is 5.91 Å². The normalized spacial score (nSPS) is 22.1. The number of imide groups is 1. The van der Waals surface area contributed by atoms with Gasteiger partial charge in [-0.15, -0.1) is 11.8 Å². The van der Waals surface area contributed by atoms with Gasteiger partial charge >= 0.3 is 6.03 Å². The van der Waals surface area contributed by atoms with E-state index in [9.17, 15) is 14.0 Å². The summed E-state index contributed by atoms with van der Waals surface area (Å²) in [5.74, 6) is -0.793. The Morgan fingerprint density at radius 3 is 2.25 bits per heavy atom. The van der Waals surface area contributed by atoms with E-state index in [2.05, 4.69) is 0 Å². The standard InChI is InChI=1S/C22H21FN2O2S/c1-14-15(2)28-21-19(14)20(26)24(12-16-6-4-3-5-7-16)22(27)25(21)13-17-8-10-18(23)11-9-17/h3-11,19,21H,12-13H2,1-2H3. The molecule has 2 unspecified atom stereocenters. The van der Waals surface area contributed by atoms with Crippen molar-refractivity contribution in [3.05, 3.63) is 82.0 Å². The molecule has 4 rings (SSSR count). The Kier molecular flexibility index (Phi) is 4.98. The fraction of sp³-hybridized carbons (Fsp3) is 0.273. The summed E-state index contributed by atoms with van der Waals surface area (Å²) in [5, 5.41) is -0.253. The fourth-order valence-corrected chi connectivity index (χ4v) is 5.13. The van der Waals surface area contributed by atoms with Crippen molar-refractivity contribution >= 4 is 23.7 Å². The summed E-state index contributed by atoms with van der Waals surface area (Å²) in [4.78, 5) is 30.7. The molecule has 0 spiro atoms. The molecule has 3 amide bonds. The third-order valence-electron chi connectivity index (χ3n) is 5.37. The summed E-state index contributed by atoms with van der Waals surface area (Å²) in [6.07, 6.45) is 0. The zero-order chi connectivity index (χ0) is 19.8. The minimum atomic E-state index is -0.341. The van der Waals surface area contributed by atoms with Crippen LogP contribution in [0.25, 0.3) is 0 Å². The van der Waals surface area contributed by atoms with Gasteiger partial charge in [-0.05, 0) is 47.6 Å². The number of nitrogens with zero attached hydrogens (tertiary/aromatic N) is 2. The van der Waals surface area contributed by atoms with Crippen molar-refractivity contribution in [3.63, 3.8) is 0 Å². The van der Waals surface area contributed by atoms with E-state index in [0.717, 1.165) is 21.6 Å². The van der Waals surface area contributed by atoms with Crippen molar-refractivity contribution in [1.82, 2.24) is 9.80 Å². The van der Waals surface area contributed by atoms with Crippen molar-refractivity contribution in [2.45, 2.75) is 32.3 Å². The van der Waals surface area contributed by atoms with Crippen LogP contribution in [0.15, 0.2) is 65.1 Å². The molecule has 2 aliphatic rings. The Bertz CT molecular complexity index is 943. The molecule has 2 heterocycles. The van der Waals surface area contributed by atoms with Crippen LogP contribution >= 0.6 is 11.8 Å². The first-order chi connectivity index (χ1) is 13.5. The Labute approximate surface area is 168 Å². The highest BCUT2D eigenvalue weighted by Crippen LogP contribution is 2.47. The summed E-state index contributed by atoms with van der Waals surface area (Å²) < 4.78 is 13.3. The van der Waals surface area contributed by atoms with Crippen LogP contribution in [0, 0.1) is 11.7 Å². The number of benzene rings is 2. The van der Waals surface area contributed by atoms with Gasteiger partial charge in [-0.2, -0.15) is 0 Å². The van der Waals surface area contributed by atoms with E-state index in [1.165, 1.54) is 17.0 Å². The maximum atomic E-state index is 13.3. The average molecular weight is 396 g/mol. The van der Waals surface area contributed by atoms with Crippen LogP contribution in [-0.2, 0) is 17.9 Å². The van der Waals surface area contributed by atoms with Gasteiger partial charge in [0.15, 0.2) is 0 Å². The molecule has 1 fully saturated rings. The van der Waals surface area contributed by atoms with Crippen LogP contribution in [0.5, 0.6) is 0 Å². The SMILES string of the molecule is CC1=C(C)C2C(=O)N(Cc3ccccc3)C(=O)N(Cc3ccc(F)cc3)C2S1. The smallest absolute Gasteiger partial charge is 0.306 e. The largest absolute Gasteiger partial charge is 0.328 e. The number of rotatable bonds is 4. The molecule has 2 aromatic carbocycles. The van der Waals surface area contributed by atoms with E-state index >= 15 is 0 Å². The number of urea groups is 1. The Morgan fingerprint density at radius 2 is 1.57 bits per heavy atom. The number of carbonyl (C=O) groups excluding carboxylic acids is 2. The molecule has 2 aliphatic heterocycles. The minimum absolute atomic E-state index is 0.143. The van der Waals surface area contributed by atoms with E-state index in [1.54, 1.807) is 28.8 Å². The van der Waals surface area contributed by atoms with E-state index in [-0.39, 0.29) is 35.6 Å². The van der Waals surface area contributed by atoms with Gasteiger partial charge in [-0.1, -0.05) is 42.5 Å². The summed E-state index contributed by atoms with van der Waals surface area (Å²) in [7, 11) is 0. The van der Waals surface area contributed by atoms with Gasteiger partial charge in [0.1, 0.15) is 5.82 Å². The Balaban J connectivity index is 1.67. The highest BCUT2D eigenvalue weighted by atomic mass is 32.2. The van der Waals surface area contributed by atoms with Gasteiger partial charge in [-0.25, -0.2) is 9.18 Å². The van der Waals surface area contributed by atoms with Gasteiger partial charge in [0.25, 0.3) is 0 Å². The molecule has 0 N–H and O–H groups in total. The van der Waals surface area contributed by atoms with Crippen LogP contribution in [-0.4, -0.2) is 27.1 Å². The lowest BCUT2D eigenvalue weighted by Gasteiger charge is -2.42. The third-order valence-corrected chi connectivity index (χ3v) is 6.81. The van der Waals surface area contributed by atoms with Gasteiger partial charge in [0, 0.05) is 6.54 Å². The van der Waals surface area contributed by atoms with Crippen LogP contribution < -0.4 is 0 Å². The Hall–Kier alpha value is -2.60. The number of hydrogen-bond acceptors (Lipinski definition) is 3. The molecule has 1 saturated heterocycles. The minimum Gasteiger partial charge on any atom is -0.306 e. The van der Waals surface area contributed by atoms with Crippen molar-refractivity contribution in [1.29, 1.82) is 0 Å². The lowest BCUT2D eigenvalue weighted by molar-refractivity contribution is -0.136. The molecule has 0 radical (unpaired) electrons. The van der Waals surface area contributed by atoms with Crippen LogP contribution in [0.2, 0.25) is 0 Å². The maximum absolute atomic E-state index is 13.3. The number of hydrogen-bond donors (Lipinski definition) is 0. The number of carbonyl (C=O) groups is 2. The topological polar surface area (TPSA) is 40.6 Å². The summed E-state index contributed by atoms with van der Waals surface area (Å²) in [5.41, 5.74) is 2.77. The number of halogens is 1. The third kappa shape index (κ3) is 3.33. The molecule has 0 bridgehead atoms. The highest BCUT2D eigenvalue weighted by molar-refractivity contribution is 8.03. The first kappa shape index (κ1) is 18.7. The van der Waals surface area contributed by atoms with Gasteiger partial charge < -0.3 is 4.90 Å². The van der Waals surface area contributed by atoms with Crippen molar-refractivity contribution < 1.29 is 14.0 Å². The molecular formula is C22H21FN2O2S. The molecule has 4 nitrogen and oxygen atoms in total. The van der Waals surface area contributed by atoms with Gasteiger partial charge in [0.05, 0.1) is 17.8 Å². The van der Waals surface area contributed by atoms with Crippen LogP contribution in [0.4, 0.5) is 9.18 Å². The molecule has 0 aliphatic carbocycles. The van der Waals surface area contributed by atoms with Crippen molar-refractivity contribution in [2.24, 2.45) is 5.92 Å². The second-order valence-corrected chi connectivity index (χ2v) is 8.50. The van der Waals surface area contributed by atoms with Gasteiger partial charge in [-0.3, -0.25) is 9.69 Å². The lowest BCUT2D eigenvalue weighted by Crippen LogP contribution is -2.59. The molecule has 6 heteroatoms. The van der Waals surface area contributed by atoms with E-state index in [4.69, 9.17) is 0 Å². The molecule has 144 valence electrons. The molecule has 0 aromatic heterocycles. The maximum Gasteiger partial charge on any atom is 0.328 e. The number of thioether (sulfide) groups is 1. The predicted molar refractivity (Wildman–Crippen MR) is 108 cm³/mol. The highest BCUT2D eigenvalue weighted by Gasteiger charge is 2.50. The second-order valence-electron chi connectivity index (χ2n) is 7.17. The molecule has 28 heavy (non-hydrogen) atoms. The fourth-order valence-electron chi connectivity index (χ4n) is 3.71. The van der Waals surface area contributed by atoms with E-state index in [1.807, 2.05) is 44.2 Å². The zero-order valence-corrected chi connectivity index (χ0v) is 16.6. The molecule has 0 saturated carbocycles. The van der Waals surface area contributed by atoms with Crippen LogP contribution in [0.3, 0.4) is 0 Å². The molecule has 2 aromatic rings. The Morgan fingerprint density at radius 1 is 0.929 bits per heavy atom. The molecule has 2 atom stereocenters. The first-order valence-electron chi connectivity index (χ1n) is 9.20. The second kappa shape index (κ2) is 7.43. The van der Waals surface area contributed by atoms with E-state index in [0.29, 0.717) is 6.54 Å². The summed E-state index contributed by atoms with van der Waals surface area (Å²) in [6, 6.07) is 15.4. The number of fused-ring (bicyclic) bond motifs is 1. The summed E-state index contributed by atoms with van der Waals surface area (Å²) >= 11 is 1.57. The van der Waals surface area contributed by atoms with Crippen molar-refractivity contribution in [3.8, 4) is 0 Å². The monoisotopic (exact) mass is 396 g/mol. The summed E-state index contributed by atoms with van der Waals surface area (Å²) in [6.45, 7) is 4.55.